The van der Waals surface area contributed by atoms with Gasteiger partial charge < -0.3 is 14.6 Å². The number of hydrogen-bond acceptors (Lipinski definition) is 4. The van der Waals surface area contributed by atoms with Crippen LogP contribution in [0.5, 0.6) is 5.75 Å². The van der Waals surface area contributed by atoms with E-state index in [0.29, 0.717) is 0 Å². The van der Waals surface area contributed by atoms with E-state index in [2.05, 4.69) is 27.0 Å². The van der Waals surface area contributed by atoms with Crippen LogP contribution in [0.25, 0.3) is 0 Å². The Kier molecular flexibility index (Phi) is 4.60. The second kappa shape index (κ2) is 6.81. The Morgan fingerprint density at radius 3 is 3.13 bits per heavy atom. The van der Waals surface area contributed by atoms with Crippen molar-refractivity contribution in [2.75, 3.05) is 6.61 Å². The average molecular weight is 314 g/mol. The highest BCUT2D eigenvalue weighted by Crippen LogP contribution is 2.19. The summed E-state index contributed by atoms with van der Waals surface area (Å²) in [6.45, 7) is 4.94. The van der Waals surface area contributed by atoms with Crippen LogP contribution >= 0.6 is 0 Å². The minimum absolute atomic E-state index is 0.00149. The molecule has 0 saturated carbocycles. The summed E-state index contributed by atoms with van der Waals surface area (Å²) in [6, 6.07) is 7.63. The lowest BCUT2D eigenvalue weighted by Crippen LogP contribution is -2.32. The molecule has 0 saturated heterocycles. The zero-order valence-electron chi connectivity index (χ0n) is 13.6. The van der Waals surface area contributed by atoms with Gasteiger partial charge in [-0.2, -0.15) is 0 Å². The minimum Gasteiger partial charge on any atom is -0.484 e. The number of rotatable bonds is 6. The predicted molar refractivity (Wildman–Crippen MR) is 86.2 cm³/mol. The monoisotopic (exact) mass is 314 g/mol. The molecule has 1 aromatic carbocycles. The fraction of sp³-hybridized carbons (Fsp3) is 0.471. The van der Waals surface area contributed by atoms with Crippen molar-refractivity contribution in [3.8, 4) is 5.75 Å². The third-order valence-electron chi connectivity index (χ3n) is 4.08. The van der Waals surface area contributed by atoms with Gasteiger partial charge in [0.15, 0.2) is 12.4 Å². The van der Waals surface area contributed by atoms with Crippen LogP contribution in [0.15, 0.2) is 24.3 Å². The highest BCUT2D eigenvalue weighted by atomic mass is 16.5. The first-order valence-electron chi connectivity index (χ1n) is 8.10. The van der Waals surface area contributed by atoms with Gasteiger partial charge in [-0.1, -0.05) is 19.1 Å². The topological polar surface area (TPSA) is 69.0 Å². The lowest BCUT2D eigenvalue weighted by atomic mass is 10.2. The maximum atomic E-state index is 12.1. The number of nitrogens with one attached hydrogen (secondary N) is 1. The summed E-state index contributed by atoms with van der Waals surface area (Å²) in [5, 5.41) is 11.3. The van der Waals surface area contributed by atoms with Crippen LogP contribution in [-0.2, 0) is 24.2 Å². The van der Waals surface area contributed by atoms with Gasteiger partial charge >= 0.3 is 0 Å². The molecule has 2 heterocycles. The van der Waals surface area contributed by atoms with Crippen LogP contribution in [-0.4, -0.2) is 27.3 Å². The number of aromatic nitrogens is 3. The number of carbonyl (C=O) groups is 1. The lowest BCUT2D eigenvalue weighted by Gasteiger charge is -2.14. The molecule has 0 aliphatic carbocycles. The molecule has 122 valence electrons. The summed E-state index contributed by atoms with van der Waals surface area (Å²) >= 11 is 0. The molecule has 6 heteroatoms. The largest absolute Gasteiger partial charge is 0.484 e. The van der Waals surface area contributed by atoms with Crippen molar-refractivity contribution in [1.29, 1.82) is 0 Å². The third-order valence-corrected chi connectivity index (χ3v) is 4.08. The van der Waals surface area contributed by atoms with Gasteiger partial charge in [-0.25, -0.2) is 0 Å². The standard InChI is InChI=1S/C17H22N4O2/c1-3-13-6-4-7-14(10-13)23-11-16(22)18-12(2)17-20-19-15-8-5-9-21(15)17/h4,6-7,10,12H,3,5,8-9,11H2,1-2H3,(H,18,22)/t12-/m0/s1. The van der Waals surface area contributed by atoms with Gasteiger partial charge in [0.2, 0.25) is 0 Å². The van der Waals surface area contributed by atoms with Gasteiger partial charge in [0, 0.05) is 13.0 Å². The van der Waals surface area contributed by atoms with E-state index in [4.69, 9.17) is 4.74 Å². The fourth-order valence-electron chi connectivity index (χ4n) is 2.85. The van der Waals surface area contributed by atoms with E-state index >= 15 is 0 Å². The molecule has 0 bridgehead atoms. The lowest BCUT2D eigenvalue weighted by molar-refractivity contribution is -0.123. The van der Waals surface area contributed by atoms with Crippen LogP contribution in [0.2, 0.25) is 0 Å². The van der Waals surface area contributed by atoms with Crippen molar-refractivity contribution < 1.29 is 9.53 Å². The zero-order valence-corrected chi connectivity index (χ0v) is 13.6. The van der Waals surface area contributed by atoms with Gasteiger partial charge in [-0.3, -0.25) is 4.79 Å². The molecule has 1 aliphatic rings. The molecule has 0 fully saturated rings. The van der Waals surface area contributed by atoms with Gasteiger partial charge in [0.1, 0.15) is 11.6 Å². The van der Waals surface area contributed by atoms with Gasteiger partial charge in [0.25, 0.3) is 5.91 Å². The summed E-state index contributed by atoms with van der Waals surface area (Å²) in [5.41, 5.74) is 1.19. The van der Waals surface area contributed by atoms with E-state index in [-0.39, 0.29) is 18.6 Å². The Hall–Kier alpha value is -2.37. The fourth-order valence-corrected chi connectivity index (χ4v) is 2.85. The molecule has 1 N–H and O–H groups in total. The van der Waals surface area contributed by atoms with E-state index < -0.39 is 0 Å². The molecule has 1 atom stereocenters. The van der Waals surface area contributed by atoms with E-state index in [0.717, 1.165) is 43.2 Å². The first kappa shape index (κ1) is 15.5. The molecule has 2 aromatic rings. The highest BCUT2D eigenvalue weighted by molar-refractivity contribution is 5.77. The number of benzene rings is 1. The van der Waals surface area contributed by atoms with Crippen LogP contribution < -0.4 is 10.1 Å². The van der Waals surface area contributed by atoms with Crippen molar-refractivity contribution in [2.24, 2.45) is 0 Å². The summed E-state index contributed by atoms with van der Waals surface area (Å²) < 4.78 is 7.66. The van der Waals surface area contributed by atoms with Crippen molar-refractivity contribution in [2.45, 2.75) is 45.7 Å². The number of carbonyl (C=O) groups excluding carboxylic acids is 1. The number of ether oxygens (including phenoxy) is 1. The molecule has 1 aromatic heterocycles. The minimum atomic E-state index is -0.174. The molecule has 1 amide bonds. The van der Waals surface area contributed by atoms with Gasteiger partial charge in [0.05, 0.1) is 6.04 Å². The Labute approximate surface area is 135 Å². The van der Waals surface area contributed by atoms with Crippen molar-refractivity contribution >= 4 is 5.91 Å². The van der Waals surface area contributed by atoms with Crippen LogP contribution in [0.3, 0.4) is 0 Å². The maximum absolute atomic E-state index is 12.1. The Morgan fingerprint density at radius 2 is 2.30 bits per heavy atom. The third kappa shape index (κ3) is 3.52. The highest BCUT2D eigenvalue weighted by Gasteiger charge is 2.22. The summed E-state index contributed by atoms with van der Waals surface area (Å²) in [4.78, 5) is 12.1. The quantitative estimate of drug-likeness (QED) is 0.886. The molecule has 1 aliphatic heterocycles. The van der Waals surface area contributed by atoms with E-state index in [1.165, 1.54) is 5.56 Å². The predicted octanol–water partition coefficient (Wildman–Crippen LogP) is 2.04. The average Bonchev–Trinajstić information content (AvgIpc) is 3.16. The molecule has 0 radical (unpaired) electrons. The summed E-state index contributed by atoms with van der Waals surface area (Å²) in [6.07, 6.45) is 3.00. The van der Waals surface area contributed by atoms with Gasteiger partial charge in [-0.05, 0) is 37.5 Å². The Bertz CT molecular complexity index is 696. The van der Waals surface area contributed by atoms with Crippen LogP contribution in [0, 0.1) is 0 Å². The first-order valence-corrected chi connectivity index (χ1v) is 8.10. The van der Waals surface area contributed by atoms with Crippen molar-refractivity contribution in [1.82, 2.24) is 20.1 Å². The normalized spacial score (nSPS) is 14.3. The molecular formula is C17H22N4O2. The summed E-state index contributed by atoms with van der Waals surface area (Å²) in [7, 11) is 0. The molecule has 6 nitrogen and oxygen atoms in total. The van der Waals surface area contributed by atoms with E-state index in [1.54, 1.807) is 0 Å². The summed E-state index contributed by atoms with van der Waals surface area (Å²) in [5.74, 6) is 2.39. The maximum Gasteiger partial charge on any atom is 0.258 e. The van der Waals surface area contributed by atoms with Gasteiger partial charge in [-0.15, -0.1) is 10.2 Å². The van der Waals surface area contributed by atoms with E-state index in [1.807, 2.05) is 31.2 Å². The van der Waals surface area contributed by atoms with E-state index in [9.17, 15) is 4.79 Å². The van der Waals surface area contributed by atoms with Crippen LogP contribution in [0.4, 0.5) is 0 Å². The smallest absolute Gasteiger partial charge is 0.258 e. The Balaban J connectivity index is 1.54. The molecule has 3 rings (SSSR count). The van der Waals surface area contributed by atoms with Crippen molar-refractivity contribution in [3.05, 3.63) is 41.5 Å². The van der Waals surface area contributed by atoms with Crippen molar-refractivity contribution in [3.63, 3.8) is 0 Å². The number of aryl methyl sites for hydroxylation is 2. The zero-order chi connectivity index (χ0) is 16.2. The molecular weight excluding hydrogens is 292 g/mol. The molecule has 0 unspecified atom stereocenters. The molecule has 0 spiro atoms. The SMILES string of the molecule is CCc1cccc(OCC(=O)N[C@@H](C)c2nnc3n2CCC3)c1. The number of nitrogens with zero attached hydrogens (tertiary/aromatic N) is 3. The number of hydrogen-bond donors (Lipinski definition) is 1. The van der Waals surface area contributed by atoms with Crippen LogP contribution in [0.1, 0.15) is 43.5 Å². The molecule has 23 heavy (non-hydrogen) atoms. The second-order valence-corrected chi connectivity index (χ2v) is 5.81. The number of amides is 1. The number of fused-ring (bicyclic) bond motifs is 1. The second-order valence-electron chi connectivity index (χ2n) is 5.81. The Morgan fingerprint density at radius 1 is 1.43 bits per heavy atom. The first-order chi connectivity index (χ1) is 11.2.